The highest BCUT2D eigenvalue weighted by molar-refractivity contribution is 6.02. The predicted molar refractivity (Wildman–Crippen MR) is 110 cm³/mol. The molecule has 2 aliphatic rings. The minimum atomic E-state index is -3.69. The summed E-state index contributed by atoms with van der Waals surface area (Å²) in [7, 11) is 0. The summed E-state index contributed by atoms with van der Waals surface area (Å²) in [5.74, 6) is -0.150. The number of nitrogens with one attached hydrogen (secondary N) is 1. The number of ether oxygens (including phenoxy) is 2. The number of phenols is 1. The number of halogens is 2. The smallest absolute Gasteiger partial charge is 0.508 e. The number of carbonyl (C=O) groups excluding carboxylic acids is 1. The van der Waals surface area contributed by atoms with Gasteiger partial charge in [0.15, 0.2) is 11.5 Å². The number of amides is 1. The van der Waals surface area contributed by atoms with Gasteiger partial charge in [0.25, 0.3) is 0 Å². The van der Waals surface area contributed by atoms with E-state index in [0.29, 0.717) is 24.1 Å². The number of carbonyl (C=O) groups is 1. The third-order valence-electron chi connectivity index (χ3n) is 5.79. The largest absolute Gasteiger partial charge is 0.586 e. The van der Waals surface area contributed by atoms with E-state index in [1.54, 1.807) is 24.3 Å². The van der Waals surface area contributed by atoms with Crippen LogP contribution in [0.5, 0.6) is 17.2 Å². The van der Waals surface area contributed by atoms with Crippen LogP contribution in [0.1, 0.15) is 24.0 Å². The van der Waals surface area contributed by atoms with Crippen molar-refractivity contribution >= 4 is 11.6 Å². The molecule has 7 heteroatoms. The first-order valence-electron chi connectivity index (χ1n) is 9.88. The summed E-state index contributed by atoms with van der Waals surface area (Å²) < 4.78 is 35.6. The van der Waals surface area contributed by atoms with E-state index in [4.69, 9.17) is 0 Å². The molecule has 0 saturated heterocycles. The zero-order chi connectivity index (χ0) is 21.8. The second-order valence-electron chi connectivity index (χ2n) is 7.95. The van der Waals surface area contributed by atoms with Crippen LogP contribution < -0.4 is 14.8 Å². The Hall–Kier alpha value is -3.61. The fourth-order valence-electron chi connectivity index (χ4n) is 3.95. The second-order valence-corrected chi connectivity index (χ2v) is 7.95. The Labute approximate surface area is 177 Å². The lowest BCUT2D eigenvalue weighted by Gasteiger charge is -2.17. The first-order valence-corrected chi connectivity index (χ1v) is 9.88. The Kier molecular flexibility index (Phi) is 4.18. The van der Waals surface area contributed by atoms with Crippen molar-refractivity contribution in [1.82, 2.24) is 0 Å². The predicted octanol–water partition coefficient (Wildman–Crippen LogP) is 5.36. The SMILES string of the molecule is Cc1ccc(NC(=O)C2(c3ccc4c(c3)OC(F)(F)O4)CC2)cc1-c1cccc(O)c1. The molecule has 3 aromatic rings. The van der Waals surface area contributed by atoms with Gasteiger partial charge in [0.05, 0.1) is 5.41 Å². The first kappa shape index (κ1) is 19.4. The van der Waals surface area contributed by atoms with E-state index in [1.807, 2.05) is 31.2 Å². The van der Waals surface area contributed by atoms with Gasteiger partial charge in [-0.25, -0.2) is 0 Å². The molecule has 1 aliphatic carbocycles. The van der Waals surface area contributed by atoms with Crippen molar-refractivity contribution in [2.24, 2.45) is 0 Å². The number of benzene rings is 3. The standard InChI is InChI=1S/C24H19F2NO4/c1-14-5-7-17(13-19(14)15-3-2-4-18(28)11-15)27-22(29)23(9-10-23)16-6-8-20-21(12-16)31-24(25,26)30-20/h2-8,11-13,28H,9-10H2,1H3,(H,27,29). The molecule has 1 amide bonds. The van der Waals surface area contributed by atoms with E-state index in [9.17, 15) is 18.7 Å². The van der Waals surface area contributed by atoms with E-state index >= 15 is 0 Å². The van der Waals surface area contributed by atoms with Crippen molar-refractivity contribution in [3.63, 3.8) is 0 Å². The molecule has 2 N–H and O–H groups in total. The van der Waals surface area contributed by atoms with Crippen molar-refractivity contribution in [2.45, 2.75) is 31.5 Å². The molecule has 0 bridgehead atoms. The third kappa shape index (κ3) is 3.46. The molecule has 1 fully saturated rings. The number of fused-ring (bicyclic) bond motifs is 1. The molecule has 1 saturated carbocycles. The molecule has 5 rings (SSSR count). The van der Waals surface area contributed by atoms with Gasteiger partial charge in [-0.1, -0.05) is 24.3 Å². The van der Waals surface area contributed by atoms with Gasteiger partial charge < -0.3 is 19.9 Å². The van der Waals surface area contributed by atoms with Crippen LogP contribution in [0.2, 0.25) is 0 Å². The van der Waals surface area contributed by atoms with E-state index < -0.39 is 11.7 Å². The van der Waals surface area contributed by atoms with Gasteiger partial charge in [-0.15, -0.1) is 8.78 Å². The molecule has 0 unspecified atom stereocenters. The Morgan fingerprint density at radius 3 is 2.52 bits per heavy atom. The van der Waals surface area contributed by atoms with Crippen LogP contribution in [0.4, 0.5) is 14.5 Å². The van der Waals surface area contributed by atoms with Gasteiger partial charge >= 0.3 is 6.29 Å². The highest BCUT2D eigenvalue weighted by Crippen LogP contribution is 2.52. The summed E-state index contributed by atoms with van der Waals surface area (Å²) in [4.78, 5) is 13.1. The quantitative estimate of drug-likeness (QED) is 0.593. The van der Waals surface area contributed by atoms with Crippen LogP contribution in [-0.4, -0.2) is 17.3 Å². The summed E-state index contributed by atoms with van der Waals surface area (Å²) in [6, 6.07) is 17.0. The summed E-state index contributed by atoms with van der Waals surface area (Å²) in [5, 5.41) is 12.7. The van der Waals surface area contributed by atoms with Crippen molar-refractivity contribution in [3.05, 3.63) is 71.8 Å². The number of hydrogen-bond donors (Lipinski definition) is 2. The fraction of sp³-hybridized carbons (Fsp3) is 0.208. The zero-order valence-electron chi connectivity index (χ0n) is 16.6. The lowest BCUT2D eigenvalue weighted by molar-refractivity contribution is -0.286. The van der Waals surface area contributed by atoms with E-state index in [0.717, 1.165) is 16.7 Å². The molecule has 31 heavy (non-hydrogen) atoms. The molecule has 0 radical (unpaired) electrons. The number of aromatic hydroxyl groups is 1. The number of phenolic OH excluding ortho intramolecular Hbond substituents is 1. The monoisotopic (exact) mass is 423 g/mol. The maximum atomic E-state index is 13.3. The maximum Gasteiger partial charge on any atom is 0.586 e. The Balaban J connectivity index is 1.40. The van der Waals surface area contributed by atoms with Crippen molar-refractivity contribution < 1.29 is 28.2 Å². The number of anilines is 1. The normalized spacial score (nSPS) is 17.3. The van der Waals surface area contributed by atoms with Crippen LogP contribution >= 0.6 is 0 Å². The zero-order valence-corrected chi connectivity index (χ0v) is 16.6. The van der Waals surface area contributed by atoms with Crippen molar-refractivity contribution in [1.29, 1.82) is 0 Å². The molecular formula is C24H19F2NO4. The summed E-state index contributed by atoms with van der Waals surface area (Å²) in [6.45, 7) is 1.95. The number of rotatable bonds is 4. The van der Waals surface area contributed by atoms with Crippen LogP contribution in [0, 0.1) is 6.92 Å². The second kappa shape index (κ2) is 6.70. The molecule has 0 atom stereocenters. The van der Waals surface area contributed by atoms with E-state index in [-0.39, 0.29) is 23.2 Å². The Bertz CT molecular complexity index is 1200. The van der Waals surface area contributed by atoms with Crippen LogP contribution in [0.3, 0.4) is 0 Å². The average molecular weight is 423 g/mol. The third-order valence-corrected chi connectivity index (χ3v) is 5.79. The molecular weight excluding hydrogens is 404 g/mol. The molecule has 5 nitrogen and oxygen atoms in total. The highest BCUT2D eigenvalue weighted by Gasteiger charge is 2.52. The van der Waals surface area contributed by atoms with E-state index in [1.165, 1.54) is 12.1 Å². The van der Waals surface area contributed by atoms with Crippen LogP contribution in [-0.2, 0) is 10.2 Å². The summed E-state index contributed by atoms with van der Waals surface area (Å²) in [5.41, 5.74) is 3.18. The van der Waals surface area contributed by atoms with Gasteiger partial charge in [0, 0.05) is 5.69 Å². The van der Waals surface area contributed by atoms with Gasteiger partial charge in [0.2, 0.25) is 5.91 Å². The lowest BCUT2D eigenvalue weighted by atomic mass is 9.94. The van der Waals surface area contributed by atoms with Crippen molar-refractivity contribution in [3.8, 4) is 28.4 Å². The minimum absolute atomic E-state index is 0.0424. The average Bonchev–Trinajstić information content (AvgIpc) is 3.46. The minimum Gasteiger partial charge on any atom is -0.508 e. The Morgan fingerprint density at radius 2 is 1.77 bits per heavy atom. The number of alkyl halides is 2. The lowest BCUT2D eigenvalue weighted by Crippen LogP contribution is -2.28. The van der Waals surface area contributed by atoms with Gasteiger partial charge in [-0.3, -0.25) is 4.79 Å². The molecule has 0 spiro atoms. The number of aryl methyl sites for hydroxylation is 1. The molecule has 3 aromatic carbocycles. The number of hydrogen-bond acceptors (Lipinski definition) is 4. The summed E-state index contributed by atoms with van der Waals surface area (Å²) >= 11 is 0. The highest BCUT2D eigenvalue weighted by atomic mass is 19.3. The molecule has 1 heterocycles. The van der Waals surface area contributed by atoms with Crippen molar-refractivity contribution in [2.75, 3.05) is 5.32 Å². The van der Waals surface area contributed by atoms with Gasteiger partial charge in [-0.2, -0.15) is 0 Å². The van der Waals surface area contributed by atoms with Crippen LogP contribution in [0.15, 0.2) is 60.7 Å². The molecule has 1 aliphatic heterocycles. The molecule has 0 aromatic heterocycles. The maximum absolute atomic E-state index is 13.3. The van der Waals surface area contributed by atoms with Gasteiger partial charge in [0.1, 0.15) is 5.75 Å². The summed E-state index contributed by atoms with van der Waals surface area (Å²) in [6.07, 6.45) is -2.47. The van der Waals surface area contributed by atoms with E-state index in [2.05, 4.69) is 14.8 Å². The fourth-order valence-corrected chi connectivity index (χ4v) is 3.95. The topological polar surface area (TPSA) is 67.8 Å². The van der Waals surface area contributed by atoms with Crippen LogP contribution in [0.25, 0.3) is 11.1 Å². The Morgan fingerprint density at radius 1 is 1.00 bits per heavy atom. The van der Waals surface area contributed by atoms with Gasteiger partial charge in [-0.05, 0) is 78.4 Å². The molecule has 158 valence electrons. The first-order chi connectivity index (χ1) is 14.8.